The van der Waals surface area contributed by atoms with Crippen LogP contribution >= 0.6 is 0 Å². The highest BCUT2D eigenvalue weighted by Crippen LogP contribution is 2.30. The van der Waals surface area contributed by atoms with Crippen LogP contribution in [0.5, 0.6) is 0 Å². The Labute approximate surface area is 90.2 Å². The molecular formula is C15H14. The topological polar surface area (TPSA) is 0 Å². The third-order valence-electron chi connectivity index (χ3n) is 3.25. The summed E-state index contributed by atoms with van der Waals surface area (Å²) in [6.45, 7) is 0. The predicted molar refractivity (Wildman–Crippen MR) is 65.1 cm³/mol. The molecule has 0 unspecified atom stereocenters. The molecule has 0 heterocycles. The average Bonchev–Trinajstić information content (AvgIpc) is 2.82. The average molecular weight is 194 g/mol. The SMILES string of the molecule is C1=CCC(c2ccc3ccccc3c2)C1. The van der Waals surface area contributed by atoms with Crippen LogP contribution in [0.2, 0.25) is 0 Å². The van der Waals surface area contributed by atoms with Crippen LogP contribution in [-0.4, -0.2) is 0 Å². The summed E-state index contributed by atoms with van der Waals surface area (Å²) in [5.41, 5.74) is 1.48. The van der Waals surface area contributed by atoms with Crippen LogP contribution in [0, 0.1) is 0 Å². The van der Waals surface area contributed by atoms with Gasteiger partial charge in [0, 0.05) is 0 Å². The Balaban J connectivity index is 2.06. The predicted octanol–water partition coefficient (Wildman–Crippen LogP) is 4.27. The van der Waals surface area contributed by atoms with Gasteiger partial charge in [0.2, 0.25) is 0 Å². The van der Waals surface area contributed by atoms with Crippen molar-refractivity contribution in [1.29, 1.82) is 0 Å². The lowest BCUT2D eigenvalue weighted by Gasteiger charge is -2.10. The standard InChI is InChI=1S/C15H14/c1-2-6-12(5-1)15-10-9-13-7-3-4-8-14(13)11-15/h1-4,7-12H,5-6H2. The van der Waals surface area contributed by atoms with Crippen LogP contribution in [-0.2, 0) is 0 Å². The minimum Gasteiger partial charge on any atom is -0.0879 e. The van der Waals surface area contributed by atoms with Crippen molar-refractivity contribution in [3.8, 4) is 0 Å². The van der Waals surface area contributed by atoms with Gasteiger partial charge in [-0.15, -0.1) is 0 Å². The van der Waals surface area contributed by atoms with E-state index in [0.717, 1.165) is 5.92 Å². The van der Waals surface area contributed by atoms with E-state index in [1.165, 1.54) is 29.2 Å². The van der Waals surface area contributed by atoms with E-state index in [9.17, 15) is 0 Å². The lowest BCUT2D eigenvalue weighted by atomic mass is 9.94. The van der Waals surface area contributed by atoms with Crippen molar-refractivity contribution in [2.45, 2.75) is 18.8 Å². The normalized spacial score (nSPS) is 16.3. The van der Waals surface area contributed by atoms with Crippen molar-refractivity contribution < 1.29 is 0 Å². The molecular weight excluding hydrogens is 180 g/mol. The van der Waals surface area contributed by atoms with Crippen molar-refractivity contribution >= 4 is 10.8 Å². The van der Waals surface area contributed by atoms with Gasteiger partial charge in [0.05, 0.1) is 0 Å². The van der Waals surface area contributed by atoms with Gasteiger partial charge in [0.1, 0.15) is 0 Å². The monoisotopic (exact) mass is 194 g/mol. The first kappa shape index (κ1) is 8.72. The second kappa shape index (κ2) is 3.54. The highest BCUT2D eigenvalue weighted by Gasteiger charge is 2.12. The summed E-state index contributed by atoms with van der Waals surface area (Å²) in [6.07, 6.45) is 7.00. The second-order valence-electron chi connectivity index (χ2n) is 4.25. The number of hydrogen-bond donors (Lipinski definition) is 0. The molecule has 0 bridgehead atoms. The van der Waals surface area contributed by atoms with E-state index in [0.29, 0.717) is 0 Å². The van der Waals surface area contributed by atoms with Crippen LogP contribution < -0.4 is 0 Å². The third-order valence-corrected chi connectivity index (χ3v) is 3.25. The Morgan fingerprint density at radius 3 is 2.33 bits per heavy atom. The highest BCUT2D eigenvalue weighted by atomic mass is 14.2. The number of benzene rings is 2. The van der Waals surface area contributed by atoms with Gasteiger partial charge in [0.15, 0.2) is 0 Å². The molecule has 0 radical (unpaired) electrons. The lowest BCUT2D eigenvalue weighted by Crippen LogP contribution is -1.91. The third kappa shape index (κ3) is 1.56. The largest absolute Gasteiger partial charge is 0.0879 e. The van der Waals surface area contributed by atoms with Gasteiger partial charge in [-0.05, 0) is 35.1 Å². The molecule has 1 aliphatic carbocycles. The Morgan fingerprint density at radius 1 is 0.800 bits per heavy atom. The maximum Gasteiger partial charge on any atom is -0.00926 e. The molecule has 2 aromatic rings. The second-order valence-corrected chi connectivity index (χ2v) is 4.25. The van der Waals surface area contributed by atoms with Gasteiger partial charge in [-0.25, -0.2) is 0 Å². The Kier molecular flexibility index (Phi) is 2.06. The fourth-order valence-corrected chi connectivity index (χ4v) is 2.35. The van der Waals surface area contributed by atoms with Crippen molar-refractivity contribution in [2.24, 2.45) is 0 Å². The van der Waals surface area contributed by atoms with E-state index in [1.54, 1.807) is 0 Å². The van der Waals surface area contributed by atoms with E-state index in [-0.39, 0.29) is 0 Å². The molecule has 74 valence electrons. The van der Waals surface area contributed by atoms with Gasteiger partial charge in [-0.2, -0.15) is 0 Å². The molecule has 3 rings (SSSR count). The van der Waals surface area contributed by atoms with Crippen molar-refractivity contribution in [2.75, 3.05) is 0 Å². The zero-order chi connectivity index (χ0) is 10.1. The molecule has 0 saturated carbocycles. The van der Waals surface area contributed by atoms with E-state index in [2.05, 4.69) is 54.6 Å². The number of rotatable bonds is 1. The van der Waals surface area contributed by atoms with E-state index >= 15 is 0 Å². The van der Waals surface area contributed by atoms with Gasteiger partial charge < -0.3 is 0 Å². The summed E-state index contributed by atoms with van der Waals surface area (Å²) in [5.74, 6) is 0.717. The summed E-state index contributed by atoms with van der Waals surface area (Å²) in [6, 6.07) is 15.4. The fourth-order valence-electron chi connectivity index (χ4n) is 2.35. The Morgan fingerprint density at radius 2 is 1.53 bits per heavy atom. The molecule has 0 nitrogen and oxygen atoms in total. The smallest absolute Gasteiger partial charge is 0.00926 e. The maximum absolute atomic E-state index is 2.34. The van der Waals surface area contributed by atoms with E-state index < -0.39 is 0 Å². The Bertz CT molecular complexity index is 500. The first-order valence-corrected chi connectivity index (χ1v) is 5.57. The van der Waals surface area contributed by atoms with Crippen LogP contribution in [0.15, 0.2) is 54.6 Å². The van der Waals surface area contributed by atoms with Crippen LogP contribution in [0.25, 0.3) is 10.8 Å². The first-order chi connectivity index (χ1) is 7.43. The van der Waals surface area contributed by atoms with Gasteiger partial charge in [-0.1, -0.05) is 54.6 Å². The zero-order valence-electron chi connectivity index (χ0n) is 8.69. The summed E-state index contributed by atoms with van der Waals surface area (Å²) in [7, 11) is 0. The molecule has 15 heavy (non-hydrogen) atoms. The minimum atomic E-state index is 0.717. The molecule has 0 spiro atoms. The van der Waals surface area contributed by atoms with Crippen LogP contribution in [0.3, 0.4) is 0 Å². The van der Waals surface area contributed by atoms with Crippen LogP contribution in [0.4, 0.5) is 0 Å². The molecule has 0 atom stereocenters. The Hall–Kier alpha value is -1.56. The molecule has 0 aliphatic heterocycles. The minimum absolute atomic E-state index is 0.717. The van der Waals surface area contributed by atoms with Crippen molar-refractivity contribution in [3.05, 3.63) is 60.2 Å². The quantitative estimate of drug-likeness (QED) is 0.594. The van der Waals surface area contributed by atoms with Crippen molar-refractivity contribution in [1.82, 2.24) is 0 Å². The van der Waals surface area contributed by atoms with Gasteiger partial charge in [-0.3, -0.25) is 0 Å². The first-order valence-electron chi connectivity index (χ1n) is 5.57. The molecule has 2 aromatic carbocycles. The molecule has 0 fully saturated rings. The molecule has 0 N–H and O–H groups in total. The summed E-state index contributed by atoms with van der Waals surface area (Å²) >= 11 is 0. The maximum atomic E-state index is 2.34. The zero-order valence-corrected chi connectivity index (χ0v) is 8.69. The molecule has 0 saturated heterocycles. The van der Waals surface area contributed by atoms with Crippen molar-refractivity contribution in [3.63, 3.8) is 0 Å². The molecule has 0 heteroatoms. The fraction of sp³-hybridized carbons (Fsp3) is 0.200. The van der Waals surface area contributed by atoms with E-state index in [1.807, 2.05) is 0 Å². The molecule has 1 aliphatic rings. The summed E-state index contributed by atoms with van der Waals surface area (Å²) in [5, 5.41) is 2.70. The summed E-state index contributed by atoms with van der Waals surface area (Å²) < 4.78 is 0. The molecule has 0 amide bonds. The number of hydrogen-bond acceptors (Lipinski definition) is 0. The molecule has 0 aromatic heterocycles. The van der Waals surface area contributed by atoms with Gasteiger partial charge in [0.25, 0.3) is 0 Å². The highest BCUT2D eigenvalue weighted by molar-refractivity contribution is 5.83. The number of allylic oxidation sites excluding steroid dienone is 2. The lowest BCUT2D eigenvalue weighted by molar-refractivity contribution is 0.755. The summed E-state index contributed by atoms with van der Waals surface area (Å²) in [4.78, 5) is 0. The van der Waals surface area contributed by atoms with Crippen LogP contribution in [0.1, 0.15) is 24.3 Å². The van der Waals surface area contributed by atoms with E-state index in [4.69, 9.17) is 0 Å². The van der Waals surface area contributed by atoms with Gasteiger partial charge >= 0.3 is 0 Å². The number of fused-ring (bicyclic) bond motifs is 1.